The molecule has 2 nitrogen and oxygen atoms in total. The van der Waals surface area contributed by atoms with Crippen molar-refractivity contribution in [2.45, 2.75) is 68.7 Å². The Bertz CT molecular complexity index is 460. The number of aliphatic hydroxyl groups excluding tert-OH is 1. The summed E-state index contributed by atoms with van der Waals surface area (Å²) in [4.78, 5) is 1.40. The minimum atomic E-state index is -0.0659. The lowest BCUT2D eigenvalue weighted by molar-refractivity contribution is 0.156. The molecule has 1 fully saturated rings. The number of nitrogens with one attached hydrogen (secondary N) is 1. The zero-order chi connectivity index (χ0) is 14.8. The second-order valence-corrected chi connectivity index (χ2v) is 7.83. The summed E-state index contributed by atoms with van der Waals surface area (Å²) in [7, 11) is 0. The molecule has 2 unspecified atom stereocenters. The zero-order valence-electron chi connectivity index (χ0n) is 13.1. The topological polar surface area (TPSA) is 32.3 Å². The van der Waals surface area contributed by atoms with Crippen LogP contribution in [0.3, 0.4) is 0 Å². The van der Waals surface area contributed by atoms with Gasteiger partial charge in [0.2, 0.25) is 0 Å². The van der Waals surface area contributed by atoms with E-state index in [1.807, 2.05) is 11.8 Å². The summed E-state index contributed by atoms with van der Waals surface area (Å²) in [5, 5.41) is 14.0. The standard InChI is InChI=1S/C17H27NOS/c1-12(2)18-17(11-19)8-7-15(10-17)20-16-9-13(3)5-6-14(16)4/h5-6,9,12,15,18-19H,7-8,10-11H2,1-4H3. The first-order chi connectivity index (χ1) is 9.44. The van der Waals surface area contributed by atoms with E-state index < -0.39 is 0 Å². The van der Waals surface area contributed by atoms with Crippen LogP contribution in [-0.4, -0.2) is 28.5 Å². The lowest BCUT2D eigenvalue weighted by atomic mass is 9.98. The van der Waals surface area contributed by atoms with Crippen LogP contribution in [0, 0.1) is 13.8 Å². The first-order valence-electron chi connectivity index (χ1n) is 7.56. The molecule has 2 rings (SSSR count). The molecule has 0 aliphatic heterocycles. The maximum atomic E-state index is 9.78. The van der Waals surface area contributed by atoms with E-state index in [9.17, 15) is 5.11 Å². The van der Waals surface area contributed by atoms with Crippen molar-refractivity contribution in [3.05, 3.63) is 29.3 Å². The largest absolute Gasteiger partial charge is 0.394 e. The van der Waals surface area contributed by atoms with Crippen LogP contribution in [0.25, 0.3) is 0 Å². The molecule has 0 aromatic heterocycles. The minimum Gasteiger partial charge on any atom is -0.394 e. The molecule has 0 radical (unpaired) electrons. The molecular formula is C17H27NOS. The Morgan fingerprint density at radius 3 is 2.80 bits per heavy atom. The van der Waals surface area contributed by atoms with E-state index in [-0.39, 0.29) is 12.1 Å². The number of hydrogen-bond acceptors (Lipinski definition) is 3. The molecule has 0 heterocycles. The zero-order valence-corrected chi connectivity index (χ0v) is 13.9. The highest BCUT2D eigenvalue weighted by atomic mass is 32.2. The molecule has 2 N–H and O–H groups in total. The molecule has 3 heteroatoms. The molecule has 112 valence electrons. The average molecular weight is 293 g/mol. The predicted molar refractivity (Wildman–Crippen MR) is 87.5 cm³/mol. The molecule has 0 bridgehead atoms. The van der Waals surface area contributed by atoms with Crippen molar-refractivity contribution in [1.29, 1.82) is 0 Å². The van der Waals surface area contributed by atoms with E-state index in [2.05, 4.69) is 51.2 Å². The number of benzene rings is 1. The second kappa shape index (κ2) is 6.50. The highest BCUT2D eigenvalue weighted by Crippen LogP contribution is 2.41. The normalized spacial score (nSPS) is 26.4. The van der Waals surface area contributed by atoms with Crippen LogP contribution >= 0.6 is 11.8 Å². The SMILES string of the molecule is Cc1ccc(C)c(SC2CCC(CO)(NC(C)C)C2)c1. The number of thioether (sulfide) groups is 1. The Kier molecular flexibility index (Phi) is 5.16. The molecule has 0 saturated heterocycles. The summed E-state index contributed by atoms with van der Waals surface area (Å²) in [5.41, 5.74) is 2.62. The van der Waals surface area contributed by atoms with Gasteiger partial charge in [0.1, 0.15) is 0 Å². The molecule has 0 amide bonds. The monoisotopic (exact) mass is 293 g/mol. The van der Waals surface area contributed by atoms with Gasteiger partial charge in [-0.1, -0.05) is 31.5 Å². The number of aliphatic hydroxyl groups is 1. The van der Waals surface area contributed by atoms with E-state index in [0.29, 0.717) is 11.3 Å². The number of hydrogen-bond donors (Lipinski definition) is 2. The van der Waals surface area contributed by atoms with Crippen molar-refractivity contribution in [1.82, 2.24) is 5.32 Å². The Labute approximate surface area is 127 Å². The van der Waals surface area contributed by atoms with Gasteiger partial charge in [-0.15, -0.1) is 11.8 Å². The van der Waals surface area contributed by atoms with E-state index in [1.54, 1.807) is 0 Å². The molecule has 0 spiro atoms. The predicted octanol–water partition coefficient (Wildman–Crippen LogP) is 3.68. The molecule has 20 heavy (non-hydrogen) atoms. The Balaban J connectivity index is 2.04. The Morgan fingerprint density at radius 2 is 2.15 bits per heavy atom. The van der Waals surface area contributed by atoms with Crippen LogP contribution in [0.15, 0.2) is 23.1 Å². The van der Waals surface area contributed by atoms with Crippen molar-refractivity contribution in [2.24, 2.45) is 0 Å². The average Bonchev–Trinajstić information content (AvgIpc) is 2.77. The van der Waals surface area contributed by atoms with Crippen molar-refractivity contribution in [3.8, 4) is 0 Å². The molecule has 2 atom stereocenters. The summed E-state index contributed by atoms with van der Waals surface area (Å²) < 4.78 is 0. The van der Waals surface area contributed by atoms with Gasteiger partial charge in [0.25, 0.3) is 0 Å². The highest BCUT2D eigenvalue weighted by molar-refractivity contribution is 8.00. The van der Waals surface area contributed by atoms with Gasteiger partial charge in [0.15, 0.2) is 0 Å². The van der Waals surface area contributed by atoms with Crippen LogP contribution in [0.2, 0.25) is 0 Å². The number of rotatable bonds is 5. The summed E-state index contributed by atoms with van der Waals surface area (Å²) in [6, 6.07) is 7.09. The fourth-order valence-corrected chi connectivity index (χ4v) is 4.63. The van der Waals surface area contributed by atoms with E-state index in [0.717, 1.165) is 12.8 Å². The third-order valence-corrected chi connectivity index (χ3v) is 5.53. The molecule has 1 aromatic carbocycles. The summed E-state index contributed by atoms with van der Waals surface area (Å²) in [6.45, 7) is 8.89. The summed E-state index contributed by atoms with van der Waals surface area (Å²) >= 11 is 1.99. The summed E-state index contributed by atoms with van der Waals surface area (Å²) in [6.07, 6.45) is 3.31. The van der Waals surface area contributed by atoms with E-state index in [4.69, 9.17) is 0 Å². The van der Waals surface area contributed by atoms with Gasteiger partial charge < -0.3 is 10.4 Å². The van der Waals surface area contributed by atoms with Crippen molar-refractivity contribution in [2.75, 3.05) is 6.61 Å². The third kappa shape index (κ3) is 3.78. The van der Waals surface area contributed by atoms with E-state index >= 15 is 0 Å². The van der Waals surface area contributed by atoms with Crippen LogP contribution in [0.1, 0.15) is 44.2 Å². The van der Waals surface area contributed by atoms with Crippen LogP contribution in [-0.2, 0) is 0 Å². The molecule has 1 aliphatic rings. The third-order valence-electron chi connectivity index (χ3n) is 4.10. The fraction of sp³-hybridized carbons (Fsp3) is 0.647. The highest BCUT2D eigenvalue weighted by Gasteiger charge is 2.39. The smallest absolute Gasteiger partial charge is 0.0613 e. The van der Waals surface area contributed by atoms with Crippen LogP contribution < -0.4 is 5.32 Å². The summed E-state index contributed by atoms with van der Waals surface area (Å²) in [5.74, 6) is 0. The van der Waals surface area contributed by atoms with Crippen molar-refractivity contribution < 1.29 is 5.11 Å². The van der Waals surface area contributed by atoms with Crippen molar-refractivity contribution in [3.63, 3.8) is 0 Å². The number of aryl methyl sites for hydroxylation is 2. The van der Waals surface area contributed by atoms with Gasteiger partial charge in [0.05, 0.1) is 6.61 Å². The lowest BCUT2D eigenvalue weighted by Crippen LogP contribution is -2.49. The maximum absolute atomic E-state index is 9.78. The Morgan fingerprint density at radius 1 is 1.40 bits per heavy atom. The van der Waals surface area contributed by atoms with Gasteiger partial charge >= 0.3 is 0 Å². The van der Waals surface area contributed by atoms with Gasteiger partial charge in [-0.2, -0.15) is 0 Å². The minimum absolute atomic E-state index is 0.0659. The van der Waals surface area contributed by atoms with Crippen molar-refractivity contribution >= 4 is 11.8 Å². The molecular weight excluding hydrogens is 266 g/mol. The lowest BCUT2D eigenvalue weighted by Gasteiger charge is -2.31. The van der Waals surface area contributed by atoms with Crippen LogP contribution in [0.4, 0.5) is 0 Å². The molecule has 1 aliphatic carbocycles. The van der Waals surface area contributed by atoms with Gasteiger partial charge in [-0.05, 0) is 44.7 Å². The first kappa shape index (κ1) is 15.9. The van der Waals surface area contributed by atoms with Gasteiger partial charge in [-0.25, -0.2) is 0 Å². The van der Waals surface area contributed by atoms with E-state index in [1.165, 1.54) is 22.4 Å². The fourth-order valence-electron chi connectivity index (χ4n) is 3.12. The molecule has 1 saturated carbocycles. The van der Waals surface area contributed by atoms with Crippen LogP contribution in [0.5, 0.6) is 0 Å². The van der Waals surface area contributed by atoms with Gasteiger partial charge in [-0.3, -0.25) is 0 Å². The first-order valence-corrected chi connectivity index (χ1v) is 8.44. The maximum Gasteiger partial charge on any atom is 0.0613 e. The molecule has 1 aromatic rings. The Hall–Kier alpha value is -0.510. The quantitative estimate of drug-likeness (QED) is 0.868. The second-order valence-electron chi connectivity index (χ2n) is 6.49. The van der Waals surface area contributed by atoms with Gasteiger partial charge in [0, 0.05) is 21.7 Å².